The number of amides is 1. The van der Waals surface area contributed by atoms with Crippen molar-refractivity contribution in [3.05, 3.63) is 17.7 Å². The number of aromatic amines is 1. The molecular formula is C16H25N3O2. The summed E-state index contributed by atoms with van der Waals surface area (Å²) < 4.78 is 5.76. The fourth-order valence-corrected chi connectivity index (χ4v) is 3.41. The van der Waals surface area contributed by atoms with E-state index in [-0.39, 0.29) is 6.10 Å². The van der Waals surface area contributed by atoms with Crippen LogP contribution >= 0.6 is 0 Å². The van der Waals surface area contributed by atoms with E-state index in [4.69, 9.17) is 4.74 Å². The fourth-order valence-electron chi connectivity index (χ4n) is 3.41. The molecule has 1 N–H and O–H groups in total. The van der Waals surface area contributed by atoms with Gasteiger partial charge >= 0.3 is 0 Å². The minimum atomic E-state index is -0.109. The molecule has 21 heavy (non-hydrogen) atoms. The molecule has 2 aliphatic rings. The first-order valence-electron chi connectivity index (χ1n) is 8.13. The number of imidazole rings is 1. The van der Waals surface area contributed by atoms with Gasteiger partial charge in [0.25, 0.3) is 0 Å². The van der Waals surface area contributed by atoms with Gasteiger partial charge in [-0.1, -0.05) is 19.3 Å². The number of ether oxygens (including phenoxy) is 1. The quantitative estimate of drug-likeness (QED) is 0.931. The molecule has 5 nitrogen and oxygen atoms in total. The second-order valence-electron chi connectivity index (χ2n) is 6.36. The third-order valence-corrected chi connectivity index (χ3v) is 4.63. The van der Waals surface area contributed by atoms with Crippen LogP contribution in [0.25, 0.3) is 0 Å². The Morgan fingerprint density at radius 1 is 1.43 bits per heavy atom. The van der Waals surface area contributed by atoms with Crippen LogP contribution in [0.2, 0.25) is 0 Å². The third-order valence-electron chi connectivity index (χ3n) is 4.63. The average molecular weight is 291 g/mol. The molecule has 0 bridgehead atoms. The summed E-state index contributed by atoms with van der Waals surface area (Å²) in [5, 5.41) is 0. The molecule has 1 aromatic rings. The van der Waals surface area contributed by atoms with Crippen molar-refractivity contribution in [2.24, 2.45) is 5.92 Å². The van der Waals surface area contributed by atoms with Crippen LogP contribution in [0.5, 0.6) is 0 Å². The number of carbonyl (C=O) groups is 1. The second-order valence-corrected chi connectivity index (χ2v) is 6.36. The van der Waals surface area contributed by atoms with E-state index in [1.54, 1.807) is 0 Å². The Morgan fingerprint density at radius 3 is 2.95 bits per heavy atom. The normalized spacial score (nSPS) is 24.2. The number of carbonyl (C=O) groups excluding carboxylic acids is 1. The highest BCUT2D eigenvalue weighted by Crippen LogP contribution is 2.28. The third kappa shape index (κ3) is 3.64. The molecule has 1 aromatic heterocycles. The van der Waals surface area contributed by atoms with Gasteiger partial charge in [-0.25, -0.2) is 4.98 Å². The monoisotopic (exact) mass is 291 g/mol. The molecule has 0 radical (unpaired) electrons. The lowest BCUT2D eigenvalue weighted by Gasteiger charge is -2.33. The molecule has 2 fully saturated rings. The molecule has 1 amide bonds. The zero-order chi connectivity index (χ0) is 14.7. The van der Waals surface area contributed by atoms with Gasteiger partial charge in [-0.3, -0.25) is 4.79 Å². The molecule has 1 saturated heterocycles. The first kappa shape index (κ1) is 14.6. The molecule has 116 valence electrons. The molecule has 0 aromatic carbocycles. The Bertz CT molecular complexity index is 480. The molecular weight excluding hydrogens is 266 g/mol. The van der Waals surface area contributed by atoms with Gasteiger partial charge in [-0.05, 0) is 25.7 Å². The minimum Gasteiger partial charge on any atom is -0.367 e. The number of aromatic nitrogens is 2. The topological polar surface area (TPSA) is 58.2 Å². The highest BCUT2D eigenvalue weighted by molar-refractivity contribution is 5.76. The van der Waals surface area contributed by atoms with E-state index in [1.165, 1.54) is 32.1 Å². The summed E-state index contributed by atoms with van der Waals surface area (Å²) >= 11 is 0. The molecule has 0 spiro atoms. The Morgan fingerprint density at radius 2 is 2.24 bits per heavy atom. The standard InChI is InChI=1S/C16H25N3O2/c1-12-10-17-16(18-12)14-11-19(7-8-21-14)15(20)9-13-5-3-2-4-6-13/h10,13-14H,2-9,11H2,1H3,(H,17,18). The van der Waals surface area contributed by atoms with Gasteiger partial charge in [0, 0.05) is 24.9 Å². The summed E-state index contributed by atoms with van der Waals surface area (Å²) in [5.74, 6) is 1.72. The second kappa shape index (κ2) is 6.60. The Balaban J connectivity index is 1.56. The lowest BCUT2D eigenvalue weighted by Crippen LogP contribution is -2.43. The maximum Gasteiger partial charge on any atom is 0.223 e. The minimum absolute atomic E-state index is 0.109. The fraction of sp³-hybridized carbons (Fsp3) is 0.750. The van der Waals surface area contributed by atoms with Crippen molar-refractivity contribution in [1.82, 2.24) is 14.9 Å². The lowest BCUT2D eigenvalue weighted by atomic mass is 9.86. The van der Waals surface area contributed by atoms with E-state index >= 15 is 0 Å². The van der Waals surface area contributed by atoms with Crippen molar-refractivity contribution >= 4 is 5.91 Å². The highest BCUT2D eigenvalue weighted by atomic mass is 16.5. The van der Waals surface area contributed by atoms with Crippen LogP contribution in [0.1, 0.15) is 56.1 Å². The number of nitrogens with zero attached hydrogens (tertiary/aromatic N) is 2. The summed E-state index contributed by atoms with van der Waals surface area (Å²) in [6.07, 6.45) is 8.76. The van der Waals surface area contributed by atoms with Gasteiger partial charge < -0.3 is 14.6 Å². The summed E-state index contributed by atoms with van der Waals surface area (Å²) in [7, 11) is 0. The molecule has 1 atom stereocenters. The number of nitrogens with one attached hydrogen (secondary N) is 1. The van der Waals surface area contributed by atoms with Crippen LogP contribution in [-0.4, -0.2) is 40.5 Å². The number of aryl methyl sites for hydroxylation is 1. The predicted molar refractivity (Wildman–Crippen MR) is 79.8 cm³/mol. The number of rotatable bonds is 3. The smallest absolute Gasteiger partial charge is 0.223 e. The largest absolute Gasteiger partial charge is 0.367 e. The Hall–Kier alpha value is -1.36. The van der Waals surface area contributed by atoms with Gasteiger partial charge in [0.05, 0.1) is 13.2 Å². The first-order chi connectivity index (χ1) is 10.2. The first-order valence-corrected chi connectivity index (χ1v) is 8.13. The van der Waals surface area contributed by atoms with Crippen molar-refractivity contribution in [1.29, 1.82) is 0 Å². The zero-order valence-electron chi connectivity index (χ0n) is 12.8. The number of morpholine rings is 1. The van der Waals surface area contributed by atoms with Crippen molar-refractivity contribution in [3.63, 3.8) is 0 Å². The summed E-state index contributed by atoms with van der Waals surface area (Å²) in [4.78, 5) is 22.0. The molecule has 1 aliphatic heterocycles. The lowest BCUT2D eigenvalue weighted by molar-refractivity contribution is -0.140. The van der Waals surface area contributed by atoms with Crippen LogP contribution in [0, 0.1) is 12.8 Å². The van der Waals surface area contributed by atoms with E-state index in [1.807, 2.05) is 18.0 Å². The molecule has 3 rings (SSSR count). The average Bonchev–Trinajstić information content (AvgIpc) is 2.95. The molecule has 1 aliphatic carbocycles. The summed E-state index contributed by atoms with van der Waals surface area (Å²) in [5.41, 5.74) is 1.03. The van der Waals surface area contributed by atoms with Crippen molar-refractivity contribution in [3.8, 4) is 0 Å². The van der Waals surface area contributed by atoms with Crippen molar-refractivity contribution in [2.75, 3.05) is 19.7 Å². The molecule has 1 unspecified atom stereocenters. The molecule has 1 saturated carbocycles. The van der Waals surface area contributed by atoms with Gasteiger partial charge in [0.2, 0.25) is 5.91 Å². The Kier molecular flexibility index (Phi) is 4.58. The van der Waals surface area contributed by atoms with E-state index in [2.05, 4.69) is 9.97 Å². The van der Waals surface area contributed by atoms with E-state index in [9.17, 15) is 4.79 Å². The molecule has 5 heteroatoms. The van der Waals surface area contributed by atoms with Crippen molar-refractivity contribution in [2.45, 2.75) is 51.6 Å². The van der Waals surface area contributed by atoms with Crippen LogP contribution in [0.15, 0.2) is 6.20 Å². The zero-order valence-corrected chi connectivity index (χ0v) is 12.8. The van der Waals surface area contributed by atoms with Crippen LogP contribution < -0.4 is 0 Å². The van der Waals surface area contributed by atoms with Crippen molar-refractivity contribution < 1.29 is 9.53 Å². The van der Waals surface area contributed by atoms with Gasteiger partial charge in [-0.2, -0.15) is 0 Å². The van der Waals surface area contributed by atoms with Crippen LogP contribution in [-0.2, 0) is 9.53 Å². The predicted octanol–water partition coefficient (Wildman–Crippen LogP) is 2.59. The number of hydrogen-bond donors (Lipinski definition) is 1. The SMILES string of the molecule is Cc1cnc(C2CN(C(=O)CC3CCCCC3)CCO2)[nH]1. The van der Waals surface area contributed by atoms with E-state index in [0.29, 0.717) is 37.9 Å². The van der Waals surface area contributed by atoms with E-state index in [0.717, 1.165) is 11.5 Å². The van der Waals surface area contributed by atoms with Crippen LogP contribution in [0.4, 0.5) is 0 Å². The highest BCUT2D eigenvalue weighted by Gasteiger charge is 2.28. The summed E-state index contributed by atoms with van der Waals surface area (Å²) in [6, 6.07) is 0. The van der Waals surface area contributed by atoms with Crippen LogP contribution in [0.3, 0.4) is 0 Å². The summed E-state index contributed by atoms with van der Waals surface area (Å²) in [6.45, 7) is 3.91. The maximum absolute atomic E-state index is 12.5. The molecule has 2 heterocycles. The van der Waals surface area contributed by atoms with Gasteiger partial charge in [-0.15, -0.1) is 0 Å². The van der Waals surface area contributed by atoms with Gasteiger partial charge in [0.15, 0.2) is 0 Å². The van der Waals surface area contributed by atoms with E-state index < -0.39 is 0 Å². The van der Waals surface area contributed by atoms with Gasteiger partial charge in [0.1, 0.15) is 11.9 Å². The number of hydrogen-bond acceptors (Lipinski definition) is 3. The maximum atomic E-state index is 12.5. The number of H-pyrrole nitrogens is 1. The Labute approximate surface area is 126 Å².